The van der Waals surface area contributed by atoms with Crippen molar-refractivity contribution in [3.05, 3.63) is 51.2 Å². The molecule has 2 aliphatic rings. The Kier molecular flexibility index (Phi) is 3.54. The van der Waals surface area contributed by atoms with Crippen molar-refractivity contribution in [1.82, 2.24) is 19.5 Å². The second-order valence-corrected chi connectivity index (χ2v) is 6.88. The van der Waals surface area contributed by atoms with E-state index in [4.69, 9.17) is 4.74 Å². The maximum Gasteiger partial charge on any atom is 0.330 e. The minimum absolute atomic E-state index is 0.0437. The number of morpholine rings is 1. The van der Waals surface area contributed by atoms with Gasteiger partial charge in [-0.3, -0.25) is 14.3 Å². The van der Waals surface area contributed by atoms with Crippen LogP contribution >= 0.6 is 0 Å². The first-order valence-electron chi connectivity index (χ1n) is 8.49. The molecule has 0 amide bonds. The lowest BCUT2D eigenvalue weighted by molar-refractivity contribution is -0.0951. The topological polar surface area (TPSA) is 93.1 Å². The number of fused-ring (bicyclic) bond motifs is 2. The summed E-state index contributed by atoms with van der Waals surface area (Å²) in [7, 11) is 0. The van der Waals surface area contributed by atoms with Crippen LogP contribution in [0.25, 0.3) is 0 Å². The van der Waals surface area contributed by atoms with Gasteiger partial charge in [0.2, 0.25) is 0 Å². The molecule has 4 rings (SSSR count). The van der Waals surface area contributed by atoms with E-state index in [1.165, 1.54) is 10.9 Å². The van der Waals surface area contributed by atoms with Crippen LogP contribution in [0.4, 0.5) is 5.82 Å². The summed E-state index contributed by atoms with van der Waals surface area (Å²) >= 11 is 0. The molecule has 2 saturated heterocycles. The Morgan fingerprint density at radius 2 is 2.24 bits per heavy atom. The molecule has 2 bridgehead atoms. The lowest BCUT2D eigenvalue weighted by Gasteiger charge is -2.38. The molecule has 4 heterocycles. The molecule has 132 valence electrons. The van der Waals surface area contributed by atoms with E-state index in [1.807, 2.05) is 6.07 Å². The lowest BCUT2D eigenvalue weighted by Crippen LogP contribution is -2.48. The summed E-state index contributed by atoms with van der Waals surface area (Å²) in [6.07, 6.45) is 5.18. The normalized spacial score (nSPS) is 30.8. The minimum Gasteiger partial charge on any atom is -0.347 e. The zero-order valence-corrected chi connectivity index (χ0v) is 14.5. The van der Waals surface area contributed by atoms with Gasteiger partial charge >= 0.3 is 5.69 Å². The van der Waals surface area contributed by atoms with Crippen molar-refractivity contribution in [2.45, 2.75) is 45.1 Å². The maximum absolute atomic E-state index is 12.4. The van der Waals surface area contributed by atoms with Gasteiger partial charge in [0, 0.05) is 30.4 Å². The smallest absolute Gasteiger partial charge is 0.330 e. The predicted molar refractivity (Wildman–Crippen MR) is 91.5 cm³/mol. The van der Waals surface area contributed by atoms with Gasteiger partial charge in [-0.2, -0.15) is 0 Å². The Morgan fingerprint density at radius 1 is 1.44 bits per heavy atom. The number of nitrogens with one attached hydrogen (secondary N) is 1. The Morgan fingerprint density at radius 3 is 2.88 bits per heavy atom. The van der Waals surface area contributed by atoms with Crippen LogP contribution in [-0.2, 0) is 4.74 Å². The monoisotopic (exact) mass is 343 g/mol. The summed E-state index contributed by atoms with van der Waals surface area (Å²) in [5, 5.41) is 0. The first-order chi connectivity index (χ1) is 12.0. The third-order valence-electron chi connectivity index (χ3n) is 5.67. The van der Waals surface area contributed by atoms with Gasteiger partial charge in [0.15, 0.2) is 6.23 Å². The third kappa shape index (κ3) is 2.24. The summed E-state index contributed by atoms with van der Waals surface area (Å²) < 4.78 is 7.88. The maximum atomic E-state index is 12.4. The Labute approximate surface area is 144 Å². The van der Waals surface area contributed by atoms with E-state index in [0.29, 0.717) is 5.56 Å². The van der Waals surface area contributed by atoms with Crippen molar-refractivity contribution in [3.63, 3.8) is 0 Å². The fourth-order valence-corrected chi connectivity index (χ4v) is 4.18. The van der Waals surface area contributed by atoms with Crippen LogP contribution in [0.3, 0.4) is 0 Å². The van der Waals surface area contributed by atoms with Gasteiger partial charge < -0.3 is 9.64 Å². The molecule has 8 nitrogen and oxygen atoms in total. The van der Waals surface area contributed by atoms with Crippen LogP contribution in [0.2, 0.25) is 0 Å². The van der Waals surface area contributed by atoms with Gasteiger partial charge in [-0.05, 0) is 19.4 Å². The highest BCUT2D eigenvalue weighted by atomic mass is 16.5. The summed E-state index contributed by atoms with van der Waals surface area (Å²) in [6.45, 7) is 6.66. The second kappa shape index (κ2) is 5.52. The number of H-pyrrole nitrogens is 1. The van der Waals surface area contributed by atoms with Crippen LogP contribution < -0.4 is 16.1 Å². The molecule has 0 saturated carbocycles. The molecule has 0 unspecified atom stereocenters. The SMILES string of the molecule is CC[C@@]12CN(c3ccncn3)[C@@H]([C@H](n3cc(C)c(=O)[nH]c3=O)O1)[C@@H]2C. The molecule has 0 aromatic carbocycles. The van der Waals surface area contributed by atoms with Gasteiger partial charge in [-0.15, -0.1) is 0 Å². The van der Waals surface area contributed by atoms with Crippen LogP contribution in [0, 0.1) is 12.8 Å². The molecule has 0 aliphatic carbocycles. The number of aromatic nitrogens is 4. The number of ether oxygens (including phenoxy) is 1. The van der Waals surface area contributed by atoms with Gasteiger partial charge in [0.1, 0.15) is 12.1 Å². The molecular weight excluding hydrogens is 322 g/mol. The molecule has 2 aliphatic heterocycles. The van der Waals surface area contributed by atoms with Gasteiger partial charge in [-0.1, -0.05) is 13.8 Å². The summed E-state index contributed by atoms with van der Waals surface area (Å²) in [4.78, 5) is 37.0. The third-order valence-corrected chi connectivity index (χ3v) is 5.67. The average molecular weight is 343 g/mol. The highest BCUT2D eigenvalue weighted by molar-refractivity contribution is 5.44. The highest BCUT2D eigenvalue weighted by Crippen LogP contribution is 2.52. The summed E-state index contributed by atoms with van der Waals surface area (Å²) in [6, 6.07) is 1.83. The molecule has 0 spiro atoms. The van der Waals surface area contributed by atoms with E-state index in [9.17, 15) is 9.59 Å². The first-order valence-corrected chi connectivity index (χ1v) is 8.49. The van der Waals surface area contributed by atoms with E-state index < -0.39 is 11.9 Å². The van der Waals surface area contributed by atoms with Crippen molar-refractivity contribution in [2.24, 2.45) is 5.92 Å². The number of anilines is 1. The van der Waals surface area contributed by atoms with E-state index in [0.717, 1.165) is 18.8 Å². The Bertz CT molecular complexity index is 908. The number of hydrogen-bond donors (Lipinski definition) is 1. The van der Waals surface area contributed by atoms with E-state index in [2.05, 4.69) is 33.7 Å². The molecule has 1 N–H and O–H groups in total. The Balaban J connectivity index is 1.82. The van der Waals surface area contributed by atoms with E-state index in [1.54, 1.807) is 19.3 Å². The van der Waals surface area contributed by atoms with E-state index in [-0.39, 0.29) is 23.1 Å². The minimum atomic E-state index is -0.471. The van der Waals surface area contributed by atoms with Crippen molar-refractivity contribution < 1.29 is 4.74 Å². The number of rotatable bonds is 3. The van der Waals surface area contributed by atoms with Crippen molar-refractivity contribution in [1.29, 1.82) is 0 Å². The van der Waals surface area contributed by atoms with Gasteiger partial charge in [0.25, 0.3) is 5.56 Å². The molecule has 8 heteroatoms. The van der Waals surface area contributed by atoms with Crippen LogP contribution in [0.1, 0.15) is 32.1 Å². The van der Waals surface area contributed by atoms with Crippen molar-refractivity contribution in [2.75, 3.05) is 11.4 Å². The molecule has 4 atom stereocenters. The quantitative estimate of drug-likeness (QED) is 0.888. The van der Waals surface area contributed by atoms with Crippen LogP contribution in [0.5, 0.6) is 0 Å². The molecule has 0 radical (unpaired) electrons. The van der Waals surface area contributed by atoms with Gasteiger partial charge in [-0.25, -0.2) is 14.8 Å². The fraction of sp³-hybridized carbons (Fsp3) is 0.529. The fourth-order valence-electron chi connectivity index (χ4n) is 4.18. The zero-order chi connectivity index (χ0) is 17.8. The summed E-state index contributed by atoms with van der Waals surface area (Å²) in [5.74, 6) is 1.04. The standard InChI is InChI=1S/C17H21N5O3/c1-4-17-8-22(12-5-6-18-9-19-12)13(11(17)3)15(25-17)21-7-10(2)14(23)20-16(21)24/h5-7,9,11,13,15H,4,8H2,1-3H3,(H,20,23,24)/t11-,13+,15+,17-/m0/s1. The zero-order valence-electron chi connectivity index (χ0n) is 14.5. The average Bonchev–Trinajstić information content (AvgIpc) is 3.07. The largest absolute Gasteiger partial charge is 0.347 e. The molecular formula is C17H21N5O3. The van der Waals surface area contributed by atoms with Crippen molar-refractivity contribution >= 4 is 5.82 Å². The van der Waals surface area contributed by atoms with Crippen LogP contribution in [0.15, 0.2) is 34.4 Å². The molecule has 2 aromatic heterocycles. The highest BCUT2D eigenvalue weighted by Gasteiger charge is 2.61. The number of aryl methyl sites for hydroxylation is 1. The predicted octanol–water partition coefficient (Wildman–Crippen LogP) is 0.838. The molecule has 2 fully saturated rings. The number of hydrogen-bond acceptors (Lipinski definition) is 6. The number of aromatic amines is 1. The van der Waals surface area contributed by atoms with Crippen molar-refractivity contribution in [3.8, 4) is 0 Å². The van der Waals surface area contributed by atoms with Gasteiger partial charge in [0.05, 0.1) is 11.6 Å². The van der Waals surface area contributed by atoms with Crippen LogP contribution in [-0.4, -0.2) is 37.7 Å². The van der Waals surface area contributed by atoms with E-state index >= 15 is 0 Å². The second-order valence-electron chi connectivity index (χ2n) is 6.88. The number of nitrogens with zero attached hydrogens (tertiary/aromatic N) is 4. The first kappa shape index (κ1) is 16.0. The summed E-state index contributed by atoms with van der Waals surface area (Å²) in [5.41, 5.74) is -0.675. The molecule has 25 heavy (non-hydrogen) atoms. The Hall–Kier alpha value is -2.48. The molecule has 2 aromatic rings. The lowest BCUT2D eigenvalue weighted by atomic mass is 9.88.